The van der Waals surface area contributed by atoms with Crippen LogP contribution < -0.4 is 10.1 Å². The van der Waals surface area contributed by atoms with Crippen LogP contribution >= 0.6 is 11.3 Å². The van der Waals surface area contributed by atoms with E-state index in [4.69, 9.17) is 14.5 Å². The molecule has 2 aromatic carbocycles. The molecule has 1 N–H and O–H groups in total. The number of nitrogens with one attached hydrogen (secondary N) is 1. The van der Waals surface area contributed by atoms with E-state index in [1.165, 1.54) is 15.8 Å². The van der Waals surface area contributed by atoms with Crippen molar-refractivity contribution < 1.29 is 9.47 Å². The van der Waals surface area contributed by atoms with Gasteiger partial charge < -0.3 is 14.8 Å². The Bertz CT molecular complexity index is 867. The van der Waals surface area contributed by atoms with Gasteiger partial charge in [0.2, 0.25) is 0 Å². The summed E-state index contributed by atoms with van der Waals surface area (Å²) in [5.74, 6) is 0.962. The predicted octanol–water partition coefficient (Wildman–Crippen LogP) is 4.77. The number of para-hydroxylation sites is 1. The van der Waals surface area contributed by atoms with Gasteiger partial charge in [0, 0.05) is 30.7 Å². The molecule has 0 amide bonds. The van der Waals surface area contributed by atoms with Gasteiger partial charge in [-0.25, -0.2) is 4.98 Å². The molecule has 1 aliphatic rings. The molecule has 4 rings (SSSR count). The molecule has 2 heterocycles. The topological polar surface area (TPSA) is 43.4 Å². The molecule has 0 saturated carbocycles. The summed E-state index contributed by atoms with van der Waals surface area (Å²) in [6.07, 6.45) is 1.95. The molecule has 0 spiro atoms. The largest absolute Gasteiger partial charge is 0.496 e. The molecule has 0 aliphatic carbocycles. The number of rotatable bonds is 5. The number of aryl methyl sites for hydroxylation is 1. The van der Waals surface area contributed by atoms with Crippen molar-refractivity contribution in [2.75, 3.05) is 32.2 Å². The first-order valence-electron chi connectivity index (χ1n) is 9.02. The molecule has 0 atom stereocenters. The Labute approximate surface area is 158 Å². The fourth-order valence-electron chi connectivity index (χ4n) is 3.73. The Morgan fingerprint density at radius 1 is 1.19 bits per heavy atom. The molecule has 1 aliphatic heterocycles. The third kappa shape index (κ3) is 3.29. The minimum atomic E-state index is -0.00648. The minimum absolute atomic E-state index is 0.00648. The van der Waals surface area contributed by atoms with Crippen molar-refractivity contribution in [3.05, 3.63) is 53.6 Å². The quantitative estimate of drug-likeness (QED) is 0.704. The lowest BCUT2D eigenvalue weighted by atomic mass is 9.73. The van der Waals surface area contributed by atoms with Gasteiger partial charge in [-0.05, 0) is 38.0 Å². The molecule has 0 radical (unpaired) electrons. The summed E-state index contributed by atoms with van der Waals surface area (Å²) < 4.78 is 12.6. The van der Waals surface area contributed by atoms with Gasteiger partial charge in [0.05, 0.1) is 17.3 Å². The summed E-state index contributed by atoms with van der Waals surface area (Å²) in [6.45, 7) is 4.52. The number of benzene rings is 2. The SMILES string of the molecule is COc1ccc(C)cc1C1(CNc2nc3ccccc3s2)CCOCC1. The van der Waals surface area contributed by atoms with Gasteiger partial charge in [-0.15, -0.1) is 0 Å². The zero-order valence-electron chi connectivity index (χ0n) is 15.2. The van der Waals surface area contributed by atoms with Gasteiger partial charge in [0.25, 0.3) is 0 Å². The van der Waals surface area contributed by atoms with E-state index in [0.717, 1.165) is 49.0 Å². The summed E-state index contributed by atoms with van der Waals surface area (Å²) in [4.78, 5) is 4.73. The highest BCUT2D eigenvalue weighted by Crippen LogP contribution is 2.41. The third-order valence-corrected chi connectivity index (χ3v) is 6.24. The van der Waals surface area contributed by atoms with E-state index < -0.39 is 0 Å². The number of aromatic nitrogens is 1. The van der Waals surface area contributed by atoms with E-state index >= 15 is 0 Å². The van der Waals surface area contributed by atoms with Crippen LogP contribution in [0.25, 0.3) is 10.2 Å². The first-order chi connectivity index (χ1) is 12.7. The maximum atomic E-state index is 5.70. The fourth-order valence-corrected chi connectivity index (χ4v) is 4.59. The minimum Gasteiger partial charge on any atom is -0.496 e. The van der Waals surface area contributed by atoms with Crippen molar-refractivity contribution in [1.82, 2.24) is 4.98 Å². The highest BCUT2D eigenvalue weighted by Gasteiger charge is 2.37. The highest BCUT2D eigenvalue weighted by molar-refractivity contribution is 7.22. The molecule has 1 aromatic heterocycles. The molecule has 136 valence electrons. The molecular formula is C21H24N2O2S. The van der Waals surface area contributed by atoms with Crippen molar-refractivity contribution in [2.24, 2.45) is 0 Å². The van der Waals surface area contributed by atoms with Crippen LogP contribution in [-0.4, -0.2) is 31.9 Å². The fraction of sp³-hybridized carbons (Fsp3) is 0.381. The van der Waals surface area contributed by atoms with E-state index in [0.29, 0.717) is 0 Å². The van der Waals surface area contributed by atoms with Crippen molar-refractivity contribution in [1.29, 1.82) is 0 Å². The van der Waals surface area contributed by atoms with Crippen LogP contribution in [0.2, 0.25) is 0 Å². The van der Waals surface area contributed by atoms with Gasteiger partial charge in [-0.2, -0.15) is 0 Å². The molecule has 26 heavy (non-hydrogen) atoms. The van der Waals surface area contributed by atoms with Crippen LogP contribution in [0.15, 0.2) is 42.5 Å². The number of thiazole rings is 1. The second-order valence-corrected chi connectivity index (χ2v) is 7.97. The summed E-state index contributed by atoms with van der Waals surface area (Å²) >= 11 is 1.71. The van der Waals surface area contributed by atoms with Crippen molar-refractivity contribution >= 4 is 26.7 Å². The number of methoxy groups -OCH3 is 1. The number of hydrogen-bond acceptors (Lipinski definition) is 5. The Kier molecular flexibility index (Phi) is 4.83. The molecule has 1 fully saturated rings. The van der Waals surface area contributed by atoms with Crippen LogP contribution in [0.5, 0.6) is 5.75 Å². The summed E-state index contributed by atoms with van der Waals surface area (Å²) in [5.41, 5.74) is 3.57. The average molecular weight is 369 g/mol. The maximum absolute atomic E-state index is 5.70. The van der Waals surface area contributed by atoms with Crippen LogP contribution in [-0.2, 0) is 10.2 Å². The highest BCUT2D eigenvalue weighted by atomic mass is 32.1. The van der Waals surface area contributed by atoms with Gasteiger partial charge in [-0.1, -0.05) is 41.2 Å². The van der Waals surface area contributed by atoms with E-state index in [-0.39, 0.29) is 5.41 Å². The number of fused-ring (bicyclic) bond motifs is 1. The van der Waals surface area contributed by atoms with E-state index in [9.17, 15) is 0 Å². The Morgan fingerprint density at radius 2 is 2.00 bits per heavy atom. The summed E-state index contributed by atoms with van der Waals surface area (Å²) in [7, 11) is 1.75. The third-order valence-electron chi connectivity index (χ3n) is 5.25. The van der Waals surface area contributed by atoms with Crippen molar-refractivity contribution in [2.45, 2.75) is 25.2 Å². The molecule has 0 bridgehead atoms. The van der Waals surface area contributed by atoms with Gasteiger partial charge in [0.15, 0.2) is 5.13 Å². The first kappa shape index (κ1) is 17.3. The zero-order valence-corrected chi connectivity index (χ0v) is 16.1. The van der Waals surface area contributed by atoms with Crippen LogP contribution in [0, 0.1) is 6.92 Å². The van der Waals surface area contributed by atoms with Gasteiger partial charge in [0.1, 0.15) is 5.75 Å². The average Bonchev–Trinajstić information content (AvgIpc) is 3.10. The number of hydrogen-bond donors (Lipinski definition) is 1. The van der Waals surface area contributed by atoms with Crippen molar-refractivity contribution in [3.63, 3.8) is 0 Å². The van der Waals surface area contributed by atoms with Crippen LogP contribution in [0.3, 0.4) is 0 Å². The Hall–Kier alpha value is -2.11. The number of anilines is 1. The molecular weight excluding hydrogens is 344 g/mol. The lowest BCUT2D eigenvalue weighted by Crippen LogP contribution is -2.40. The lowest BCUT2D eigenvalue weighted by molar-refractivity contribution is 0.0535. The molecule has 3 aromatic rings. The standard InChI is InChI=1S/C21H24N2O2S/c1-15-7-8-18(24-2)16(13-15)21(9-11-25-12-10-21)14-22-20-23-17-5-3-4-6-19(17)26-20/h3-8,13H,9-12,14H2,1-2H3,(H,22,23). The van der Waals surface area contributed by atoms with Crippen LogP contribution in [0.4, 0.5) is 5.13 Å². The zero-order chi connectivity index (χ0) is 18.0. The summed E-state index contributed by atoms with van der Waals surface area (Å²) in [6, 6.07) is 14.7. The Morgan fingerprint density at radius 3 is 2.77 bits per heavy atom. The maximum Gasteiger partial charge on any atom is 0.183 e. The normalized spacial score (nSPS) is 16.5. The number of ether oxygens (including phenoxy) is 2. The van der Waals surface area contributed by atoms with Crippen molar-refractivity contribution in [3.8, 4) is 5.75 Å². The first-order valence-corrected chi connectivity index (χ1v) is 9.84. The lowest BCUT2D eigenvalue weighted by Gasteiger charge is -2.38. The predicted molar refractivity (Wildman–Crippen MR) is 108 cm³/mol. The van der Waals surface area contributed by atoms with E-state index in [1.54, 1.807) is 18.4 Å². The second-order valence-electron chi connectivity index (χ2n) is 6.94. The Balaban J connectivity index is 1.65. The van der Waals surface area contributed by atoms with Gasteiger partial charge in [-0.3, -0.25) is 0 Å². The second kappa shape index (κ2) is 7.25. The van der Waals surface area contributed by atoms with Gasteiger partial charge >= 0.3 is 0 Å². The van der Waals surface area contributed by atoms with E-state index in [2.05, 4.69) is 48.6 Å². The molecule has 5 heteroatoms. The molecule has 4 nitrogen and oxygen atoms in total. The number of nitrogens with zero attached hydrogens (tertiary/aromatic N) is 1. The summed E-state index contributed by atoms with van der Waals surface area (Å²) in [5, 5.41) is 4.59. The molecule has 0 unspecified atom stereocenters. The molecule has 1 saturated heterocycles. The van der Waals surface area contributed by atoms with Crippen LogP contribution in [0.1, 0.15) is 24.0 Å². The monoisotopic (exact) mass is 368 g/mol. The smallest absolute Gasteiger partial charge is 0.183 e. The van der Waals surface area contributed by atoms with E-state index in [1.807, 2.05) is 6.07 Å².